The number of nitrogens with zero attached hydrogens (tertiary/aromatic N) is 1. The third-order valence-electron chi connectivity index (χ3n) is 2.98. The van der Waals surface area contributed by atoms with Gasteiger partial charge in [0.05, 0.1) is 12.2 Å². The summed E-state index contributed by atoms with van der Waals surface area (Å²) >= 11 is 5.46. The van der Waals surface area contributed by atoms with Crippen LogP contribution in [0.4, 0.5) is 5.69 Å². The van der Waals surface area contributed by atoms with Crippen molar-refractivity contribution in [2.24, 2.45) is 0 Å². The van der Waals surface area contributed by atoms with Crippen LogP contribution >= 0.6 is 12.2 Å². The number of nitrogens with one attached hydrogen (secondary N) is 1. The molecule has 1 aliphatic heterocycles. The zero-order chi connectivity index (χ0) is 13.1. The first-order valence-electron chi connectivity index (χ1n) is 6.32. The monoisotopic (exact) mass is 264 g/mol. The van der Waals surface area contributed by atoms with Crippen molar-refractivity contribution in [2.75, 3.05) is 18.4 Å². The second kappa shape index (κ2) is 5.67. The third-order valence-corrected chi connectivity index (χ3v) is 3.34. The van der Waals surface area contributed by atoms with Crippen LogP contribution in [0.15, 0.2) is 24.3 Å². The molecule has 1 aromatic carbocycles. The Balaban J connectivity index is 1.99. The maximum Gasteiger partial charge on any atom is 0.173 e. The molecule has 1 aromatic rings. The second-order valence-corrected chi connectivity index (χ2v) is 5.35. The molecular weight excluding hydrogens is 244 g/mol. The van der Waals surface area contributed by atoms with Gasteiger partial charge in [0.2, 0.25) is 0 Å². The molecule has 2 atom stereocenters. The molecule has 0 aromatic heterocycles. The van der Waals surface area contributed by atoms with Gasteiger partial charge < -0.3 is 15.0 Å². The summed E-state index contributed by atoms with van der Waals surface area (Å²) in [5, 5.41) is 4.08. The predicted octanol–water partition coefficient (Wildman–Crippen LogP) is 2.80. The van der Waals surface area contributed by atoms with E-state index in [1.807, 2.05) is 12.1 Å². The van der Waals surface area contributed by atoms with Gasteiger partial charge in [0.25, 0.3) is 0 Å². The average molecular weight is 264 g/mol. The van der Waals surface area contributed by atoms with Gasteiger partial charge in [0.15, 0.2) is 5.11 Å². The number of aryl methyl sites for hydroxylation is 1. The minimum absolute atomic E-state index is 0.228. The Morgan fingerprint density at radius 1 is 1.33 bits per heavy atom. The molecule has 2 rings (SSSR count). The molecule has 0 bridgehead atoms. The maximum atomic E-state index is 5.71. The maximum absolute atomic E-state index is 5.71. The van der Waals surface area contributed by atoms with Crippen LogP contribution in [0.2, 0.25) is 0 Å². The molecule has 0 radical (unpaired) electrons. The van der Waals surface area contributed by atoms with E-state index in [0.717, 1.165) is 23.9 Å². The summed E-state index contributed by atoms with van der Waals surface area (Å²) in [7, 11) is 0. The van der Waals surface area contributed by atoms with E-state index >= 15 is 0 Å². The van der Waals surface area contributed by atoms with Crippen molar-refractivity contribution < 1.29 is 4.74 Å². The van der Waals surface area contributed by atoms with E-state index in [1.165, 1.54) is 5.56 Å². The Morgan fingerprint density at radius 2 is 2.00 bits per heavy atom. The van der Waals surface area contributed by atoms with Gasteiger partial charge in [-0.1, -0.05) is 12.1 Å². The van der Waals surface area contributed by atoms with Gasteiger partial charge in [-0.25, -0.2) is 0 Å². The second-order valence-electron chi connectivity index (χ2n) is 4.96. The zero-order valence-corrected chi connectivity index (χ0v) is 12.0. The largest absolute Gasteiger partial charge is 0.372 e. The number of rotatable bonds is 1. The van der Waals surface area contributed by atoms with Crippen LogP contribution in [0.1, 0.15) is 19.4 Å². The number of thiocarbonyl (C=S) groups is 1. The van der Waals surface area contributed by atoms with Gasteiger partial charge in [0, 0.05) is 18.8 Å². The fourth-order valence-corrected chi connectivity index (χ4v) is 2.54. The number of ether oxygens (including phenoxy) is 1. The number of anilines is 1. The Morgan fingerprint density at radius 3 is 2.61 bits per heavy atom. The van der Waals surface area contributed by atoms with Gasteiger partial charge in [-0.05, 0) is 50.7 Å². The smallest absolute Gasteiger partial charge is 0.173 e. The van der Waals surface area contributed by atoms with E-state index in [0.29, 0.717) is 0 Å². The minimum atomic E-state index is 0.228. The number of morpholine rings is 1. The molecule has 1 saturated heterocycles. The Bertz CT molecular complexity index is 426. The number of benzene rings is 1. The molecule has 0 aliphatic carbocycles. The molecule has 18 heavy (non-hydrogen) atoms. The lowest BCUT2D eigenvalue weighted by Gasteiger charge is -2.36. The fraction of sp³-hybridized carbons (Fsp3) is 0.500. The first-order valence-corrected chi connectivity index (χ1v) is 6.73. The van der Waals surface area contributed by atoms with Crippen molar-refractivity contribution in [1.82, 2.24) is 4.90 Å². The van der Waals surface area contributed by atoms with Crippen LogP contribution in [-0.2, 0) is 4.74 Å². The fourth-order valence-electron chi connectivity index (χ4n) is 2.27. The molecule has 1 heterocycles. The highest BCUT2D eigenvalue weighted by Gasteiger charge is 2.23. The lowest BCUT2D eigenvalue weighted by atomic mass is 10.2. The van der Waals surface area contributed by atoms with Gasteiger partial charge in [-0.15, -0.1) is 0 Å². The van der Waals surface area contributed by atoms with E-state index in [1.54, 1.807) is 0 Å². The SMILES string of the molecule is Cc1cccc(NC(=S)N2C[C@H](C)O[C@@H](C)C2)c1. The normalized spacial score (nSPS) is 23.8. The van der Waals surface area contributed by atoms with E-state index < -0.39 is 0 Å². The summed E-state index contributed by atoms with van der Waals surface area (Å²) in [5.41, 5.74) is 2.28. The van der Waals surface area contributed by atoms with Gasteiger partial charge in [-0.2, -0.15) is 0 Å². The zero-order valence-electron chi connectivity index (χ0n) is 11.1. The average Bonchev–Trinajstić information content (AvgIpc) is 2.27. The quantitative estimate of drug-likeness (QED) is 0.788. The standard InChI is InChI=1S/C14H20N2OS/c1-10-5-4-6-13(7-10)15-14(18)16-8-11(2)17-12(3)9-16/h4-7,11-12H,8-9H2,1-3H3,(H,15,18)/t11-,12-/m0/s1. The molecule has 1 fully saturated rings. The molecule has 98 valence electrons. The van der Waals surface area contributed by atoms with E-state index in [9.17, 15) is 0 Å². The molecule has 3 nitrogen and oxygen atoms in total. The van der Waals surface area contributed by atoms with E-state index in [4.69, 9.17) is 17.0 Å². The molecule has 0 unspecified atom stereocenters. The van der Waals surface area contributed by atoms with Gasteiger partial charge in [-0.3, -0.25) is 0 Å². The first-order chi connectivity index (χ1) is 8.54. The molecule has 0 amide bonds. The van der Waals surface area contributed by atoms with Gasteiger partial charge >= 0.3 is 0 Å². The highest BCUT2D eigenvalue weighted by molar-refractivity contribution is 7.80. The van der Waals surface area contributed by atoms with E-state index in [-0.39, 0.29) is 12.2 Å². The van der Waals surface area contributed by atoms with Gasteiger partial charge in [0.1, 0.15) is 0 Å². The summed E-state index contributed by atoms with van der Waals surface area (Å²) in [6, 6.07) is 8.24. The first kappa shape index (κ1) is 13.3. The van der Waals surface area contributed by atoms with Crippen LogP contribution in [0.3, 0.4) is 0 Å². The van der Waals surface area contributed by atoms with Crippen LogP contribution in [0.25, 0.3) is 0 Å². The van der Waals surface area contributed by atoms with Crippen LogP contribution in [-0.4, -0.2) is 35.3 Å². The number of hydrogen-bond acceptors (Lipinski definition) is 2. The summed E-state index contributed by atoms with van der Waals surface area (Å²) in [5.74, 6) is 0. The van der Waals surface area contributed by atoms with Crippen molar-refractivity contribution in [3.05, 3.63) is 29.8 Å². The summed E-state index contributed by atoms with van der Waals surface area (Å²) in [4.78, 5) is 2.18. The predicted molar refractivity (Wildman–Crippen MR) is 79.0 cm³/mol. The lowest BCUT2D eigenvalue weighted by Crippen LogP contribution is -2.49. The van der Waals surface area contributed by atoms with Crippen molar-refractivity contribution in [3.63, 3.8) is 0 Å². The Hall–Kier alpha value is -1.13. The molecule has 4 heteroatoms. The third kappa shape index (κ3) is 3.43. The summed E-state index contributed by atoms with van der Waals surface area (Å²) in [6.45, 7) is 7.94. The Labute approximate surface area is 114 Å². The molecule has 1 aliphatic rings. The van der Waals surface area contributed by atoms with Crippen LogP contribution in [0, 0.1) is 6.92 Å². The Kier molecular flexibility index (Phi) is 4.19. The summed E-state index contributed by atoms with van der Waals surface area (Å²) < 4.78 is 5.71. The molecule has 0 spiro atoms. The van der Waals surface area contributed by atoms with Crippen molar-refractivity contribution in [1.29, 1.82) is 0 Å². The molecular formula is C14H20N2OS. The number of hydrogen-bond donors (Lipinski definition) is 1. The topological polar surface area (TPSA) is 24.5 Å². The van der Waals surface area contributed by atoms with Crippen LogP contribution < -0.4 is 5.32 Å². The minimum Gasteiger partial charge on any atom is -0.372 e. The van der Waals surface area contributed by atoms with Crippen molar-refractivity contribution >= 4 is 23.0 Å². The van der Waals surface area contributed by atoms with Crippen molar-refractivity contribution in [2.45, 2.75) is 33.0 Å². The molecule has 1 N–H and O–H groups in total. The summed E-state index contributed by atoms with van der Waals surface area (Å²) in [6.07, 6.45) is 0.456. The lowest BCUT2D eigenvalue weighted by molar-refractivity contribution is -0.0473. The van der Waals surface area contributed by atoms with Crippen LogP contribution in [0.5, 0.6) is 0 Å². The van der Waals surface area contributed by atoms with E-state index in [2.05, 4.69) is 43.1 Å². The van der Waals surface area contributed by atoms with Crippen molar-refractivity contribution in [3.8, 4) is 0 Å². The molecule has 0 saturated carbocycles. The highest BCUT2D eigenvalue weighted by atomic mass is 32.1. The highest BCUT2D eigenvalue weighted by Crippen LogP contribution is 2.14.